The minimum atomic E-state index is -3.84. The van der Waals surface area contributed by atoms with Gasteiger partial charge in [0.05, 0.1) is 4.90 Å². The lowest BCUT2D eigenvalue weighted by Crippen LogP contribution is -2.36. The Hall–Kier alpha value is -2.19. The third kappa shape index (κ3) is 3.96. The van der Waals surface area contributed by atoms with E-state index < -0.39 is 22.5 Å². The first-order valence-corrected chi connectivity index (χ1v) is 8.53. The van der Waals surface area contributed by atoms with Crippen LogP contribution in [0.25, 0.3) is 11.3 Å². The molecule has 0 aliphatic heterocycles. The highest BCUT2D eigenvalue weighted by atomic mass is 32.2. The number of benzene rings is 1. The number of nitrogens with zero attached hydrogens (tertiary/aromatic N) is 2. The van der Waals surface area contributed by atoms with Gasteiger partial charge in [-0.15, -0.1) is 0 Å². The van der Waals surface area contributed by atoms with Crippen molar-refractivity contribution in [2.75, 3.05) is 13.1 Å². The molecule has 0 atom stereocenters. The largest absolute Gasteiger partial charge is 0.480 e. The number of carboxylic acids is 1. The molecule has 0 saturated heterocycles. The van der Waals surface area contributed by atoms with Crippen molar-refractivity contribution >= 4 is 16.0 Å². The van der Waals surface area contributed by atoms with E-state index in [1.807, 2.05) is 0 Å². The number of aryl methyl sites for hydroxylation is 1. The van der Waals surface area contributed by atoms with Crippen LogP contribution >= 0.6 is 0 Å². The van der Waals surface area contributed by atoms with E-state index in [0.717, 1.165) is 9.87 Å². The number of carboxylic acid groups (broad SMARTS) is 1. The summed E-state index contributed by atoms with van der Waals surface area (Å²) in [7, 11) is -3.84. The maximum absolute atomic E-state index is 12.5. The molecule has 1 aromatic heterocycles. The molecule has 2 rings (SSSR count). The lowest BCUT2D eigenvalue weighted by Gasteiger charge is -2.19. The third-order valence-electron chi connectivity index (χ3n) is 3.19. The van der Waals surface area contributed by atoms with Crippen molar-refractivity contribution in [2.24, 2.45) is 0 Å². The van der Waals surface area contributed by atoms with Crippen LogP contribution < -0.4 is 0 Å². The van der Waals surface area contributed by atoms with Gasteiger partial charge in [-0.3, -0.25) is 4.79 Å². The molecule has 1 N–H and O–H groups in total. The van der Waals surface area contributed by atoms with Crippen LogP contribution in [0, 0.1) is 6.92 Å². The van der Waals surface area contributed by atoms with E-state index in [2.05, 4.69) is 4.98 Å². The number of carbonyl (C=O) groups is 1. The minimum absolute atomic E-state index is 0.0520. The molecule has 0 unspecified atom stereocenters. The van der Waals surface area contributed by atoms with Crippen molar-refractivity contribution in [1.29, 1.82) is 0 Å². The van der Waals surface area contributed by atoms with E-state index in [0.29, 0.717) is 18.0 Å². The minimum Gasteiger partial charge on any atom is -0.480 e. The zero-order valence-corrected chi connectivity index (χ0v) is 13.7. The SMILES string of the molecule is CCCN(CC(=O)O)S(=O)(=O)c1ccc(-c2coc(C)n2)cc1. The molecular formula is C15H18N2O5S. The van der Waals surface area contributed by atoms with Gasteiger partial charge in [0.25, 0.3) is 0 Å². The van der Waals surface area contributed by atoms with E-state index in [1.54, 1.807) is 26.0 Å². The third-order valence-corrected chi connectivity index (χ3v) is 5.05. The van der Waals surface area contributed by atoms with Gasteiger partial charge in [0.1, 0.15) is 18.5 Å². The number of hydrogen-bond donors (Lipinski definition) is 1. The fourth-order valence-electron chi connectivity index (χ4n) is 2.13. The summed E-state index contributed by atoms with van der Waals surface area (Å²) in [5, 5.41) is 8.89. The number of aromatic nitrogens is 1. The number of aliphatic carboxylic acids is 1. The fraction of sp³-hybridized carbons (Fsp3) is 0.333. The van der Waals surface area contributed by atoms with Crippen molar-refractivity contribution in [3.63, 3.8) is 0 Å². The zero-order chi connectivity index (χ0) is 17.0. The van der Waals surface area contributed by atoms with E-state index >= 15 is 0 Å². The molecule has 8 heteroatoms. The van der Waals surface area contributed by atoms with Crippen LogP contribution in [0.1, 0.15) is 19.2 Å². The molecule has 0 bridgehead atoms. The molecule has 0 radical (unpaired) electrons. The van der Waals surface area contributed by atoms with E-state index in [-0.39, 0.29) is 11.4 Å². The van der Waals surface area contributed by atoms with Gasteiger partial charge in [-0.2, -0.15) is 4.31 Å². The van der Waals surface area contributed by atoms with Crippen molar-refractivity contribution < 1.29 is 22.7 Å². The van der Waals surface area contributed by atoms with Gasteiger partial charge < -0.3 is 9.52 Å². The summed E-state index contributed by atoms with van der Waals surface area (Å²) in [6.07, 6.45) is 2.02. The molecule has 23 heavy (non-hydrogen) atoms. The van der Waals surface area contributed by atoms with Crippen LogP contribution in [0.4, 0.5) is 0 Å². The van der Waals surface area contributed by atoms with E-state index in [1.165, 1.54) is 18.4 Å². The molecule has 1 aromatic carbocycles. The smallest absolute Gasteiger partial charge is 0.318 e. The first-order valence-electron chi connectivity index (χ1n) is 7.09. The Labute approximate surface area is 134 Å². The second-order valence-corrected chi connectivity index (χ2v) is 6.95. The topological polar surface area (TPSA) is 101 Å². The van der Waals surface area contributed by atoms with Crippen molar-refractivity contribution in [1.82, 2.24) is 9.29 Å². The monoisotopic (exact) mass is 338 g/mol. The average Bonchev–Trinajstić information content (AvgIpc) is 2.93. The van der Waals surface area contributed by atoms with Gasteiger partial charge >= 0.3 is 5.97 Å². The predicted molar refractivity (Wildman–Crippen MR) is 83.4 cm³/mol. The van der Waals surface area contributed by atoms with Crippen molar-refractivity contribution in [2.45, 2.75) is 25.2 Å². The van der Waals surface area contributed by atoms with Crippen LogP contribution in [0.3, 0.4) is 0 Å². The van der Waals surface area contributed by atoms with Crippen LogP contribution in [0.2, 0.25) is 0 Å². The molecule has 1 heterocycles. The number of hydrogen-bond acceptors (Lipinski definition) is 5. The highest BCUT2D eigenvalue weighted by Gasteiger charge is 2.25. The Bertz CT molecular complexity index is 780. The molecule has 2 aromatic rings. The Morgan fingerprint density at radius 1 is 1.30 bits per heavy atom. The number of oxazole rings is 1. The number of sulfonamides is 1. The summed E-state index contributed by atoms with van der Waals surface area (Å²) in [5.41, 5.74) is 1.34. The molecule has 0 amide bonds. The summed E-state index contributed by atoms with van der Waals surface area (Å²) in [6.45, 7) is 3.11. The lowest BCUT2D eigenvalue weighted by atomic mass is 10.2. The van der Waals surface area contributed by atoms with Gasteiger partial charge in [0, 0.05) is 19.0 Å². The highest BCUT2D eigenvalue weighted by molar-refractivity contribution is 7.89. The van der Waals surface area contributed by atoms with Crippen molar-refractivity contribution in [3.8, 4) is 11.3 Å². The summed E-state index contributed by atoms with van der Waals surface area (Å²) in [5.74, 6) is -0.663. The summed E-state index contributed by atoms with van der Waals surface area (Å²) >= 11 is 0. The molecule has 0 aliphatic rings. The summed E-state index contributed by atoms with van der Waals surface area (Å²) in [6, 6.07) is 6.13. The van der Waals surface area contributed by atoms with Gasteiger partial charge in [-0.05, 0) is 18.6 Å². The van der Waals surface area contributed by atoms with Gasteiger partial charge in [0.2, 0.25) is 10.0 Å². The first kappa shape index (κ1) is 17.2. The predicted octanol–water partition coefficient (Wildman–Crippen LogP) is 2.14. The molecule has 7 nitrogen and oxygen atoms in total. The second-order valence-electron chi connectivity index (χ2n) is 5.01. The van der Waals surface area contributed by atoms with Crippen LogP contribution in [-0.2, 0) is 14.8 Å². The highest BCUT2D eigenvalue weighted by Crippen LogP contribution is 2.22. The maximum atomic E-state index is 12.5. The fourth-order valence-corrected chi connectivity index (χ4v) is 3.61. The first-order chi connectivity index (χ1) is 10.8. The molecule has 0 fully saturated rings. The van der Waals surface area contributed by atoms with Gasteiger partial charge in [0.15, 0.2) is 5.89 Å². The molecular weight excluding hydrogens is 320 g/mol. The Morgan fingerprint density at radius 3 is 2.43 bits per heavy atom. The van der Waals surface area contributed by atoms with Crippen LogP contribution in [0.15, 0.2) is 39.8 Å². The Morgan fingerprint density at radius 2 is 1.96 bits per heavy atom. The second kappa shape index (κ2) is 6.93. The Kier molecular flexibility index (Phi) is 5.17. The van der Waals surface area contributed by atoms with Crippen LogP contribution in [0.5, 0.6) is 0 Å². The lowest BCUT2D eigenvalue weighted by molar-refractivity contribution is -0.137. The normalized spacial score (nSPS) is 11.8. The molecule has 0 spiro atoms. The van der Waals surface area contributed by atoms with Crippen LogP contribution in [-0.4, -0.2) is 41.9 Å². The zero-order valence-electron chi connectivity index (χ0n) is 12.9. The standard InChI is InChI=1S/C15H18N2O5S/c1-3-8-17(9-15(18)19)23(20,21)13-6-4-12(5-7-13)14-10-22-11(2)16-14/h4-7,10H,3,8-9H2,1-2H3,(H,18,19). The number of rotatable bonds is 7. The summed E-state index contributed by atoms with van der Waals surface area (Å²) in [4.78, 5) is 15.1. The Balaban J connectivity index is 2.30. The molecule has 0 saturated carbocycles. The molecule has 0 aliphatic carbocycles. The molecule has 124 valence electrons. The van der Waals surface area contributed by atoms with Gasteiger partial charge in [-0.25, -0.2) is 13.4 Å². The van der Waals surface area contributed by atoms with Crippen molar-refractivity contribution in [3.05, 3.63) is 36.4 Å². The summed E-state index contributed by atoms with van der Waals surface area (Å²) < 4.78 is 31.2. The average molecular weight is 338 g/mol. The van der Waals surface area contributed by atoms with E-state index in [9.17, 15) is 13.2 Å². The van der Waals surface area contributed by atoms with Gasteiger partial charge in [-0.1, -0.05) is 19.1 Å². The van der Waals surface area contributed by atoms with E-state index in [4.69, 9.17) is 9.52 Å². The maximum Gasteiger partial charge on any atom is 0.318 e. The quantitative estimate of drug-likeness (QED) is 0.830.